The zero-order valence-corrected chi connectivity index (χ0v) is 12.8. The number of carbonyl (C=O) groups is 1. The van der Waals surface area contributed by atoms with Crippen molar-refractivity contribution in [2.24, 2.45) is 0 Å². The van der Waals surface area contributed by atoms with E-state index in [4.69, 9.17) is 4.74 Å². The van der Waals surface area contributed by atoms with E-state index in [1.165, 1.54) is 12.1 Å². The number of aryl methyl sites for hydroxylation is 1. The molecule has 0 heterocycles. The lowest BCUT2D eigenvalue weighted by Gasteiger charge is -2.06. The first kappa shape index (κ1) is 15.2. The summed E-state index contributed by atoms with van der Waals surface area (Å²) in [5.41, 5.74) is 2.18. The minimum Gasteiger partial charge on any atom is -0.457 e. The Balaban J connectivity index is 2.00. The topological polar surface area (TPSA) is 69.4 Å². The summed E-state index contributed by atoms with van der Waals surface area (Å²) >= 11 is 3.36. The molecule has 108 valence electrons. The van der Waals surface area contributed by atoms with E-state index in [2.05, 4.69) is 15.9 Å². The van der Waals surface area contributed by atoms with E-state index in [0.29, 0.717) is 11.1 Å². The highest BCUT2D eigenvalue weighted by Crippen LogP contribution is 2.19. The normalized spacial score (nSPS) is 10.2. The number of esters is 1. The van der Waals surface area contributed by atoms with Crippen molar-refractivity contribution in [2.45, 2.75) is 13.5 Å². The molecule has 0 fully saturated rings. The molecule has 0 aliphatic carbocycles. The van der Waals surface area contributed by atoms with Gasteiger partial charge < -0.3 is 4.74 Å². The van der Waals surface area contributed by atoms with Gasteiger partial charge in [-0.3, -0.25) is 10.1 Å². The summed E-state index contributed by atoms with van der Waals surface area (Å²) < 4.78 is 6.02. The first-order valence-electron chi connectivity index (χ1n) is 6.14. The Bertz CT molecular complexity index is 683. The second-order valence-corrected chi connectivity index (χ2v) is 5.32. The summed E-state index contributed by atoms with van der Waals surface area (Å²) in [4.78, 5) is 22.0. The Morgan fingerprint density at radius 3 is 2.48 bits per heavy atom. The number of benzene rings is 2. The molecule has 0 N–H and O–H groups in total. The molecule has 0 bridgehead atoms. The third kappa shape index (κ3) is 3.88. The molecule has 0 aromatic heterocycles. The van der Waals surface area contributed by atoms with Crippen LogP contribution in [0.1, 0.15) is 21.5 Å². The number of ether oxygens (including phenoxy) is 1. The van der Waals surface area contributed by atoms with Gasteiger partial charge in [-0.05, 0) is 42.3 Å². The van der Waals surface area contributed by atoms with Crippen LogP contribution < -0.4 is 0 Å². The van der Waals surface area contributed by atoms with Crippen LogP contribution in [0.3, 0.4) is 0 Å². The number of nitro groups is 1. The number of rotatable bonds is 4. The maximum absolute atomic E-state index is 11.9. The smallest absolute Gasteiger partial charge is 0.338 e. The molecular formula is C15H12BrNO4. The molecule has 2 aromatic carbocycles. The molecule has 2 aromatic rings. The Morgan fingerprint density at radius 1 is 1.24 bits per heavy atom. The Labute approximate surface area is 129 Å². The van der Waals surface area contributed by atoms with Gasteiger partial charge in [-0.1, -0.05) is 22.0 Å². The first-order chi connectivity index (χ1) is 9.97. The number of nitrogens with zero attached hydrogens (tertiary/aromatic N) is 1. The fraction of sp³-hybridized carbons (Fsp3) is 0.133. The van der Waals surface area contributed by atoms with Crippen molar-refractivity contribution in [2.75, 3.05) is 0 Å². The SMILES string of the molecule is Cc1ccc(C(=O)OCc2ccc([N+](=O)[O-])cc2)cc1Br. The molecule has 0 aliphatic heterocycles. The van der Waals surface area contributed by atoms with Crippen molar-refractivity contribution >= 4 is 27.6 Å². The molecule has 2 rings (SSSR count). The van der Waals surface area contributed by atoms with Crippen LogP contribution in [-0.4, -0.2) is 10.9 Å². The lowest BCUT2D eigenvalue weighted by atomic mass is 10.1. The third-order valence-electron chi connectivity index (χ3n) is 2.92. The molecule has 0 spiro atoms. The molecule has 0 amide bonds. The summed E-state index contributed by atoms with van der Waals surface area (Å²) in [7, 11) is 0. The van der Waals surface area contributed by atoms with Crippen LogP contribution in [0.4, 0.5) is 5.69 Å². The molecular weight excluding hydrogens is 338 g/mol. The predicted octanol–water partition coefficient (Wildman–Crippen LogP) is 4.02. The molecule has 5 nitrogen and oxygen atoms in total. The zero-order chi connectivity index (χ0) is 15.4. The summed E-state index contributed by atoms with van der Waals surface area (Å²) in [6.45, 7) is 2.00. The number of hydrogen-bond donors (Lipinski definition) is 0. The minimum absolute atomic E-state index is 0.00698. The Hall–Kier alpha value is -2.21. The van der Waals surface area contributed by atoms with Gasteiger partial charge in [-0.2, -0.15) is 0 Å². The fourth-order valence-electron chi connectivity index (χ4n) is 1.67. The highest BCUT2D eigenvalue weighted by molar-refractivity contribution is 9.10. The van der Waals surface area contributed by atoms with E-state index in [-0.39, 0.29) is 12.3 Å². The second kappa shape index (κ2) is 6.49. The lowest BCUT2D eigenvalue weighted by Crippen LogP contribution is -2.05. The van der Waals surface area contributed by atoms with Gasteiger partial charge in [0.05, 0.1) is 10.5 Å². The minimum atomic E-state index is -0.473. The van der Waals surface area contributed by atoms with Crippen LogP contribution >= 0.6 is 15.9 Å². The standard InChI is InChI=1S/C15H12BrNO4/c1-10-2-5-12(8-14(10)16)15(18)21-9-11-3-6-13(7-4-11)17(19)20/h2-8H,9H2,1H3. The van der Waals surface area contributed by atoms with Crippen molar-refractivity contribution in [3.63, 3.8) is 0 Å². The summed E-state index contributed by atoms with van der Waals surface area (Å²) in [5.74, 6) is -0.436. The van der Waals surface area contributed by atoms with Crippen LogP contribution in [0, 0.1) is 17.0 Å². The van der Waals surface area contributed by atoms with Gasteiger partial charge in [0, 0.05) is 16.6 Å². The van der Waals surface area contributed by atoms with Crippen LogP contribution in [0.2, 0.25) is 0 Å². The molecule has 0 atom stereocenters. The quantitative estimate of drug-likeness (QED) is 0.474. The molecule has 6 heteroatoms. The maximum atomic E-state index is 11.9. The molecule has 0 aliphatic rings. The van der Waals surface area contributed by atoms with E-state index in [9.17, 15) is 14.9 Å². The van der Waals surface area contributed by atoms with Gasteiger partial charge in [0.15, 0.2) is 0 Å². The van der Waals surface area contributed by atoms with Crippen LogP contribution in [0.5, 0.6) is 0 Å². The number of halogens is 1. The van der Waals surface area contributed by atoms with Crippen LogP contribution in [0.15, 0.2) is 46.9 Å². The van der Waals surface area contributed by atoms with Gasteiger partial charge in [0.2, 0.25) is 0 Å². The highest BCUT2D eigenvalue weighted by atomic mass is 79.9. The predicted molar refractivity (Wildman–Crippen MR) is 81.1 cm³/mol. The van der Waals surface area contributed by atoms with Gasteiger partial charge in [0.1, 0.15) is 6.61 Å². The molecule has 21 heavy (non-hydrogen) atoms. The van der Waals surface area contributed by atoms with E-state index in [1.54, 1.807) is 24.3 Å². The second-order valence-electron chi connectivity index (χ2n) is 4.46. The number of carbonyl (C=O) groups excluding carboxylic acids is 1. The fourth-order valence-corrected chi connectivity index (χ4v) is 2.04. The van der Waals surface area contributed by atoms with Gasteiger partial charge in [-0.25, -0.2) is 4.79 Å². The highest BCUT2D eigenvalue weighted by Gasteiger charge is 2.10. The van der Waals surface area contributed by atoms with E-state index < -0.39 is 10.9 Å². The van der Waals surface area contributed by atoms with E-state index in [1.807, 2.05) is 13.0 Å². The largest absolute Gasteiger partial charge is 0.457 e. The average molecular weight is 350 g/mol. The summed E-state index contributed by atoms with van der Waals surface area (Å²) in [6.07, 6.45) is 0. The monoisotopic (exact) mass is 349 g/mol. The van der Waals surface area contributed by atoms with Gasteiger partial charge in [0.25, 0.3) is 5.69 Å². The number of non-ortho nitro benzene ring substituents is 1. The maximum Gasteiger partial charge on any atom is 0.338 e. The Kier molecular flexibility index (Phi) is 4.70. The summed E-state index contributed by atoms with van der Waals surface area (Å²) in [6, 6.07) is 11.1. The number of hydrogen-bond acceptors (Lipinski definition) is 4. The number of nitro benzene ring substituents is 1. The molecule has 0 saturated heterocycles. The molecule has 0 saturated carbocycles. The van der Waals surface area contributed by atoms with Crippen molar-refractivity contribution in [3.8, 4) is 0 Å². The first-order valence-corrected chi connectivity index (χ1v) is 6.93. The van der Waals surface area contributed by atoms with Crippen LogP contribution in [-0.2, 0) is 11.3 Å². The molecule has 0 radical (unpaired) electrons. The summed E-state index contributed by atoms with van der Waals surface area (Å²) in [5, 5.41) is 10.5. The van der Waals surface area contributed by atoms with Gasteiger partial charge >= 0.3 is 5.97 Å². The zero-order valence-electron chi connectivity index (χ0n) is 11.2. The molecule has 0 unspecified atom stereocenters. The Morgan fingerprint density at radius 2 is 1.90 bits per heavy atom. The van der Waals surface area contributed by atoms with Crippen molar-refractivity contribution in [1.82, 2.24) is 0 Å². The van der Waals surface area contributed by atoms with Crippen molar-refractivity contribution in [3.05, 3.63) is 73.7 Å². The average Bonchev–Trinajstić information content (AvgIpc) is 2.48. The van der Waals surface area contributed by atoms with Crippen LogP contribution in [0.25, 0.3) is 0 Å². The van der Waals surface area contributed by atoms with E-state index in [0.717, 1.165) is 10.0 Å². The van der Waals surface area contributed by atoms with E-state index >= 15 is 0 Å². The van der Waals surface area contributed by atoms with Gasteiger partial charge in [-0.15, -0.1) is 0 Å². The third-order valence-corrected chi connectivity index (χ3v) is 3.78. The lowest BCUT2D eigenvalue weighted by molar-refractivity contribution is -0.384. The van der Waals surface area contributed by atoms with Crippen molar-refractivity contribution in [1.29, 1.82) is 0 Å². The van der Waals surface area contributed by atoms with Crippen molar-refractivity contribution < 1.29 is 14.5 Å².